The van der Waals surface area contributed by atoms with E-state index in [0.29, 0.717) is 12.0 Å². The van der Waals surface area contributed by atoms with Gasteiger partial charge in [0.05, 0.1) is 6.10 Å². The molecule has 2 nitrogen and oxygen atoms in total. The van der Waals surface area contributed by atoms with Crippen molar-refractivity contribution in [1.82, 2.24) is 5.32 Å². The van der Waals surface area contributed by atoms with Crippen LogP contribution < -0.4 is 5.32 Å². The highest BCUT2D eigenvalue weighted by atomic mass is 32.1. The lowest BCUT2D eigenvalue weighted by molar-refractivity contribution is -0.0271. The molecule has 1 aliphatic rings. The van der Waals surface area contributed by atoms with Crippen LogP contribution in [0.4, 0.5) is 0 Å². The molecule has 1 fully saturated rings. The van der Waals surface area contributed by atoms with Gasteiger partial charge in [-0.25, -0.2) is 0 Å². The fourth-order valence-corrected chi connectivity index (χ4v) is 3.12. The number of thiophene rings is 1. The lowest BCUT2D eigenvalue weighted by Gasteiger charge is -2.33. The Bertz CT molecular complexity index is 328. The second-order valence-electron chi connectivity index (χ2n) is 5.84. The van der Waals surface area contributed by atoms with Crippen molar-refractivity contribution in [3.05, 3.63) is 22.4 Å². The van der Waals surface area contributed by atoms with Crippen LogP contribution in [0.5, 0.6) is 0 Å². The van der Waals surface area contributed by atoms with Gasteiger partial charge in [0.2, 0.25) is 0 Å². The third-order valence-electron chi connectivity index (χ3n) is 3.16. The number of nitrogens with one attached hydrogen (secondary N) is 1. The van der Waals surface area contributed by atoms with Gasteiger partial charge in [0.25, 0.3) is 0 Å². The summed E-state index contributed by atoms with van der Waals surface area (Å²) in [6.45, 7) is 8.62. The smallest absolute Gasteiger partial charge is 0.0956 e. The van der Waals surface area contributed by atoms with Crippen molar-refractivity contribution >= 4 is 11.3 Å². The van der Waals surface area contributed by atoms with E-state index in [0.717, 1.165) is 13.2 Å². The zero-order chi connectivity index (χ0) is 12.3. The number of hydrogen-bond acceptors (Lipinski definition) is 3. The first-order chi connectivity index (χ1) is 8.06. The monoisotopic (exact) mass is 253 g/mol. The van der Waals surface area contributed by atoms with Crippen LogP contribution in [0.25, 0.3) is 0 Å². The molecule has 2 rings (SSSR count). The Morgan fingerprint density at radius 1 is 1.47 bits per heavy atom. The second kappa shape index (κ2) is 5.51. The molecule has 2 unspecified atom stereocenters. The topological polar surface area (TPSA) is 21.3 Å². The van der Waals surface area contributed by atoms with Crippen LogP contribution in [0, 0.1) is 5.92 Å². The quantitative estimate of drug-likeness (QED) is 0.888. The maximum atomic E-state index is 5.97. The largest absolute Gasteiger partial charge is 0.372 e. The van der Waals surface area contributed by atoms with E-state index in [2.05, 4.69) is 43.6 Å². The van der Waals surface area contributed by atoms with Crippen molar-refractivity contribution in [3.63, 3.8) is 0 Å². The Balaban J connectivity index is 1.98. The maximum Gasteiger partial charge on any atom is 0.0956 e. The third kappa shape index (κ3) is 3.80. The molecule has 0 saturated carbocycles. The van der Waals surface area contributed by atoms with E-state index in [-0.39, 0.29) is 5.54 Å². The molecular formula is C14H23NOS. The minimum absolute atomic E-state index is 0.192. The SMILES string of the molecule is CC(C)(C)NCC1CCCOC1c1cccs1. The third-order valence-corrected chi connectivity index (χ3v) is 4.10. The fraction of sp³-hybridized carbons (Fsp3) is 0.714. The van der Waals surface area contributed by atoms with Gasteiger partial charge >= 0.3 is 0 Å². The van der Waals surface area contributed by atoms with E-state index in [4.69, 9.17) is 4.74 Å². The van der Waals surface area contributed by atoms with Gasteiger partial charge in [-0.15, -0.1) is 11.3 Å². The van der Waals surface area contributed by atoms with Gasteiger partial charge in [-0.2, -0.15) is 0 Å². The van der Waals surface area contributed by atoms with Gasteiger partial charge in [-0.05, 0) is 45.1 Å². The summed E-state index contributed by atoms with van der Waals surface area (Å²) in [6.07, 6.45) is 2.77. The molecule has 2 heterocycles. The van der Waals surface area contributed by atoms with Gasteiger partial charge in [-0.1, -0.05) is 6.07 Å². The van der Waals surface area contributed by atoms with E-state index in [9.17, 15) is 0 Å². The first-order valence-electron chi connectivity index (χ1n) is 6.46. The van der Waals surface area contributed by atoms with Crippen LogP contribution in [0.2, 0.25) is 0 Å². The Hall–Kier alpha value is -0.380. The first-order valence-corrected chi connectivity index (χ1v) is 7.34. The molecule has 0 aliphatic carbocycles. The van der Waals surface area contributed by atoms with Crippen molar-refractivity contribution < 1.29 is 4.74 Å². The predicted octanol–water partition coefficient (Wildman–Crippen LogP) is 3.60. The predicted molar refractivity (Wildman–Crippen MR) is 73.5 cm³/mol. The highest BCUT2D eigenvalue weighted by Crippen LogP contribution is 2.35. The Kier molecular flexibility index (Phi) is 4.23. The van der Waals surface area contributed by atoms with Crippen LogP contribution >= 0.6 is 11.3 Å². The molecule has 1 N–H and O–H groups in total. The molecule has 0 spiro atoms. The van der Waals surface area contributed by atoms with Gasteiger partial charge < -0.3 is 10.1 Å². The molecule has 96 valence electrons. The van der Waals surface area contributed by atoms with Gasteiger partial charge in [0, 0.05) is 29.5 Å². The van der Waals surface area contributed by atoms with Crippen molar-refractivity contribution in [2.75, 3.05) is 13.2 Å². The van der Waals surface area contributed by atoms with Crippen LogP contribution in [0.15, 0.2) is 17.5 Å². The minimum Gasteiger partial charge on any atom is -0.372 e. The van der Waals surface area contributed by atoms with Gasteiger partial charge in [0.1, 0.15) is 0 Å². The summed E-state index contributed by atoms with van der Waals surface area (Å²) in [4.78, 5) is 1.38. The maximum absolute atomic E-state index is 5.97. The summed E-state index contributed by atoms with van der Waals surface area (Å²) in [5, 5.41) is 5.75. The Morgan fingerprint density at radius 3 is 2.94 bits per heavy atom. The molecule has 0 amide bonds. The van der Waals surface area contributed by atoms with Crippen LogP contribution in [0.3, 0.4) is 0 Å². The molecule has 1 aromatic heterocycles. The normalized spacial score (nSPS) is 26.1. The van der Waals surface area contributed by atoms with Crippen molar-refractivity contribution in [3.8, 4) is 0 Å². The van der Waals surface area contributed by atoms with E-state index < -0.39 is 0 Å². The number of rotatable bonds is 3. The zero-order valence-corrected chi connectivity index (χ0v) is 11.8. The van der Waals surface area contributed by atoms with Crippen molar-refractivity contribution in [2.24, 2.45) is 5.92 Å². The molecule has 2 atom stereocenters. The summed E-state index contributed by atoms with van der Waals surface area (Å²) in [5.41, 5.74) is 0.192. The lowest BCUT2D eigenvalue weighted by atomic mass is 9.92. The Morgan fingerprint density at radius 2 is 2.29 bits per heavy atom. The standard InChI is InChI=1S/C14H23NOS/c1-14(2,3)15-10-11-6-4-8-16-13(11)12-7-5-9-17-12/h5,7,9,11,13,15H,4,6,8,10H2,1-3H3. The summed E-state index contributed by atoms with van der Waals surface area (Å²) in [6, 6.07) is 4.32. The molecule has 17 heavy (non-hydrogen) atoms. The second-order valence-corrected chi connectivity index (χ2v) is 6.82. The highest BCUT2D eigenvalue weighted by Gasteiger charge is 2.28. The summed E-state index contributed by atoms with van der Waals surface area (Å²) >= 11 is 1.81. The van der Waals surface area contributed by atoms with E-state index in [1.807, 2.05) is 11.3 Å². The van der Waals surface area contributed by atoms with E-state index in [1.165, 1.54) is 17.7 Å². The van der Waals surface area contributed by atoms with Gasteiger partial charge in [0.15, 0.2) is 0 Å². The van der Waals surface area contributed by atoms with E-state index >= 15 is 0 Å². The summed E-state index contributed by atoms with van der Waals surface area (Å²) < 4.78 is 5.97. The summed E-state index contributed by atoms with van der Waals surface area (Å²) in [5.74, 6) is 0.613. The van der Waals surface area contributed by atoms with Crippen LogP contribution in [0.1, 0.15) is 44.6 Å². The first kappa shape index (κ1) is 13.1. The highest BCUT2D eigenvalue weighted by molar-refractivity contribution is 7.10. The average Bonchev–Trinajstić information content (AvgIpc) is 2.79. The molecule has 1 aromatic rings. The summed E-state index contributed by atoms with van der Waals surface area (Å²) in [7, 11) is 0. The molecule has 0 aromatic carbocycles. The molecular weight excluding hydrogens is 230 g/mol. The van der Waals surface area contributed by atoms with Crippen molar-refractivity contribution in [2.45, 2.75) is 45.3 Å². The Labute approximate surface area is 108 Å². The van der Waals surface area contributed by atoms with Gasteiger partial charge in [-0.3, -0.25) is 0 Å². The number of hydrogen-bond donors (Lipinski definition) is 1. The molecule has 3 heteroatoms. The average molecular weight is 253 g/mol. The van der Waals surface area contributed by atoms with Crippen LogP contribution in [-0.2, 0) is 4.74 Å². The molecule has 1 aliphatic heterocycles. The minimum atomic E-state index is 0.192. The van der Waals surface area contributed by atoms with Crippen molar-refractivity contribution in [1.29, 1.82) is 0 Å². The fourth-order valence-electron chi connectivity index (χ4n) is 2.26. The molecule has 0 bridgehead atoms. The van der Waals surface area contributed by atoms with Crippen LogP contribution in [-0.4, -0.2) is 18.7 Å². The number of ether oxygens (including phenoxy) is 1. The lowest BCUT2D eigenvalue weighted by Crippen LogP contribution is -2.41. The zero-order valence-electron chi connectivity index (χ0n) is 11.0. The molecule has 1 saturated heterocycles. The molecule has 0 radical (unpaired) electrons. The van der Waals surface area contributed by atoms with E-state index in [1.54, 1.807) is 0 Å².